The number of hydrogen-bond acceptors (Lipinski definition) is 7. The second kappa shape index (κ2) is 35.3. The molecule has 21 rings (SSSR count). The van der Waals surface area contributed by atoms with E-state index in [1.54, 1.807) is 0 Å². The van der Waals surface area contributed by atoms with Crippen molar-refractivity contribution >= 4 is 66.2 Å². The van der Waals surface area contributed by atoms with Crippen molar-refractivity contribution in [3.05, 3.63) is 346 Å². The molecular formula is C117H116N8O3+4. The first-order chi connectivity index (χ1) is 61.8. The Balaban J connectivity index is 0.000000115. The van der Waals surface area contributed by atoms with Gasteiger partial charge in [0.15, 0.2) is 41.5 Å². The lowest BCUT2D eigenvalue weighted by atomic mass is 9.92. The largest absolute Gasteiger partial charge is 0.437 e. The summed E-state index contributed by atoms with van der Waals surface area (Å²) in [6.45, 7) is 32.5. The summed E-state index contributed by atoms with van der Waals surface area (Å²) in [6.07, 6.45) is 14.9. The van der Waals surface area contributed by atoms with Crippen LogP contribution in [0.4, 0.5) is 0 Å². The van der Waals surface area contributed by atoms with Crippen LogP contribution < -0.4 is 18.3 Å². The van der Waals surface area contributed by atoms with E-state index in [4.69, 9.17) is 33.2 Å². The van der Waals surface area contributed by atoms with Gasteiger partial charge >= 0.3 is 0 Å². The molecule has 1 fully saturated rings. The monoisotopic (exact) mass is 1680 g/mol. The van der Waals surface area contributed by atoms with E-state index >= 15 is 0 Å². The molecule has 0 spiro atoms. The first kappa shape index (κ1) is 85.2. The summed E-state index contributed by atoms with van der Waals surface area (Å²) in [5.41, 5.74) is 43.9. The van der Waals surface area contributed by atoms with Crippen LogP contribution in [0.25, 0.3) is 167 Å². The van der Waals surface area contributed by atoms with Gasteiger partial charge in [-0.1, -0.05) is 237 Å². The Labute approximate surface area is 753 Å². The van der Waals surface area contributed by atoms with Crippen molar-refractivity contribution in [1.82, 2.24) is 19.9 Å². The Kier molecular flexibility index (Phi) is 23.5. The zero-order valence-electron chi connectivity index (χ0n) is 77.6. The number of aryl methyl sites for hydroxylation is 11. The molecule has 1 saturated carbocycles. The highest BCUT2D eigenvalue weighted by atomic mass is 16.3. The van der Waals surface area contributed by atoms with Crippen molar-refractivity contribution < 1.29 is 31.5 Å². The third-order valence-electron chi connectivity index (χ3n) is 26.4. The van der Waals surface area contributed by atoms with Gasteiger partial charge in [-0.25, -0.2) is 33.2 Å². The maximum absolute atomic E-state index is 6.52. The molecule has 0 N–H and O–H groups in total. The van der Waals surface area contributed by atoms with Crippen molar-refractivity contribution in [3.8, 4) is 101 Å². The average molecular weight is 1680 g/mol. The predicted molar refractivity (Wildman–Crippen MR) is 526 cm³/mol. The Bertz CT molecular complexity index is 7510. The molecule has 0 saturated heterocycles. The minimum absolute atomic E-state index is 0.360. The number of fused-ring (bicyclic) bond motifs is 12. The smallest absolute Gasteiger partial charge is 0.227 e. The van der Waals surface area contributed by atoms with Crippen LogP contribution >= 0.6 is 0 Å². The van der Waals surface area contributed by atoms with Gasteiger partial charge in [-0.05, 0) is 218 Å². The van der Waals surface area contributed by atoms with Crippen molar-refractivity contribution in [2.24, 2.45) is 28.2 Å². The number of rotatable bonds is 13. The van der Waals surface area contributed by atoms with Gasteiger partial charge in [-0.3, -0.25) is 4.98 Å². The Morgan fingerprint density at radius 2 is 0.711 bits per heavy atom. The normalized spacial score (nSPS) is 12.6. The summed E-state index contributed by atoms with van der Waals surface area (Å²) in [7, 11) is 8.47. The molecule has 19 aromatic rings. The molecule has 0 bridgehead atoms. The molecule has 638 valence electrons. The van der Waals surface area contributed by atoms with E-state index in [2.05, 4.69) is 418 Å². The molecule has 0 unspecified atom stereocenters. The molecule has 0 aliphatic heterocycles. The van der Waals surface area contributed by atoms with Crippen LogP contribution in [-0.2, 0) is 34.6 Å². The van der Waals surface area contributed by atoms with Gasteiger partial charge in [0.2, 0.25) is 39.9 Å². The molecule has 2 aliphatic carbocycles. The number of nitrogens with zero attached hydrogens (tertiary/aromatic N) is 8. The van der Waals surface area contributed by atoms with Crippen LogP contribution in [0.5, 0.6) is 0 Å². The van der Waals surface area contributed by atoms with Crippen molar-refractivity contribution in [1.29, 1.82) is 0 Å². The highest BCUT2D eigenvalue weighted by Crippen LogP contribution is 2.47. The van der Waals surface area contributed by atoms with E-state index in [0.29, 0.717) is 35.1 Å². The Morgan fingerprint density at radius 3 is 1.20 bits per heavy atom. The predicted octanol–water partition coefficient (Wildman–Crippen LogP) is 28.5. The summed E-state index contributed by atoms with van der Waals surface area (Å²) in [5.74, 6) is 2.26. The summed E-state index contributed by atoms with van der Waals surface area (Å²) in [5, 5.41) is 6.55. The first-order valence-corrected chi connectivity index (χ1v) is 45.7. The molecule has 11 aromatic heterocycles. The van der Waals surface area contributed by atoms with Crippen LogP contribution in [0.3, 0.4) is 0 Å². The quantitative estimate of drug-likeness (QED) is 0.106. The lowest BCUT2D eigenvalue weighted by molar-refractivity contribution is -0.660. The van der Waals surface area contributed by atoms with E-state index in [1.165, 1.54) is 160 Å². The van der Waals surface area contributed by atoms with E-state index < -0.39 is 0 Å². The van der Waals surface area contributed by atoms with Crippen LogP contribution in [0.15, 0.2) is 281 Å². The minimum atomic E-state index is 0.360. The molecule has 0 amide bonds. The molecule has 11 heteroatoms. The highest BCUT2D eigenvalue weighted by molar-refractivity contribution is 6.12. The van der Waals surface area contributed by atoms with Gasteiger partial charge in [-0.2, -0.15) is 0 Å². The number of furan rings is 3. The van der Waals surface area contributed by atoms with Crippen molar-refractivity contribution in [2.75, 3.05) is 0 Å². The number of aromatic nitrogens is 8. The number of hydrogen-bond donors (Lipinski definition) is 0. The van der Waals surface area contributed by atoms with Gasteiger partial charge in [0, 0.05) is 103 Å². The van der Waals surface area contributed by atoms with Crippen LogP contribution in [0.1, 0.15) is 189 Å². The van der Waals surface area contributed by atoms with E-state index in [9.17, 15) is 0 Å². The summed E-state index contributed by atoms with van der Waals surface area (Å²) >= 11 is 0. The Hall–Kier alpha value is -13.6. The molecule has 11 nitrogen and oxygen atoms in total. The van der Waals surface area contributed by atoms with Gasteiger partial charge in [0.1, 0.15) is 28.2 Å². The third-order valence-corrected chi connectivity index (χ3v) is 26.4. The fraction of sp³-hybridized carbons (Fsp3) is 0.248. The molecular weight excluding hydrogens is 1570 g/mol. The maximum atomic E-state index is 6.52. The molecule has 2 aliphatic rings. The summed E-state index contributed by atoms with van der Waals surface area (Å²) in [6, 6.07) is 87.8. The molecule has 0 radical (unpaired) electrons. The fourth-order valence-corrected chi connectivity index (χ4v) is 19.3. The molecule has 11 heterocycles. The summed E-state index contributed by atoms with van der Waals surface area (Å²) < 4.78 is 28.2. The van der Waals surface area contributed by atoms with Crippen LogP contribution in [0.2, 0.25) is 0 Å². The van der Waals surface area contributed by atoms with Crippen LogP contribution in [-0.4, -0.2) is 19.9 Å². The highest BCUT2D eigenvalue weighted by Gasteiger charge is 2.32. The van der Waals surface area contributed by atoms with Crippen molar-refractivity contribution in [3.63, 3.8) is 0 Å². The van der Waals surface area contributed by atoms with Gasteiger partial charge in [0.05, 0.1) is 39.1 Å². The lowest BCUT2D eigenvalue weighted by Crippen LogP contribution is -2.31. The maximum Gasteiger partial charge on any atom is 0.227 e. The minimum Gasteiger partial charge on any atom is -0.437 e. The van der Waals surface area contributed by atoms with Gasteiger partial charge in [0.25, 0.3) is 0 Å². The van der Waals surface area contributed by atoms with Crippen LogP contribution in [0, 0.1) is 48.5 Å². The van der Waals surface area contributed by atoms with E-state index in [1.807, 2.05) is 0 Å². The fourth-order valence-electron chi connectivity index (χ4n) is 19.3. The van der Waals surface area contributed by atoms with Crippen molar-refractivity contribution in [2.45, 2.75) is 166 Å². The molecule has 0 atom stereocenters. The Morgan fingerprint density at radius 1 is 0.305 bits per heavy atom. The van der Waals surface area contributed by atoms with E-state index in [0.717, 1.165) is 112 Å². The van der Waals surface area contributed by atoms with Gasteiger partial charge in [-0.15, -0.1) is 0 Å². The number of benzene rings is 8. The molecule has 128 heavy (non-hydrogen) atoms. The first-order valence-electron chi connectivity index (χ1n) is 45.7. The standard InChI is InChI=1S/C32H33N2O.C29H29N2.2C28H27N2O/c1-20(2)28-18-17-27-26-16-11-21(3)29(31(26)35-32(27)33-28)30-25(10-7-19-34(30)4)24-14-12-23(13-15-24)22-8-5-6-9-22;1-18(2)26-13-12-24-23-11-9-20(4)29(25(23)16-27(24)30-26)28-14-10-22(17-31(28)5)21-8-6-7-19(3)15-21;1-17(2)24-14-13-23-22-12-11-19(4)25(27(22)31-28(23)29-24)26-21(10-7-15-30(26)5)20-9-6-8-18(3)16-20;1-17(2)24-12-11-23-22-10-9-19(4)26(27(22)31-28(23)29-24)25-16-21(13-14-30(25)5)20-8-6-7-18(3)15-20/h7,10-20,22H,5-6,8-9H2,1-4H3;6-15,17-18H,16H2,1-5H3;2*6-17H,1-5H3/q4*+1. The number of pyridine rings is 8. The summed E-state index contributed by atoms with van der Waals surface area (Å²) in [4.78, 5) is 19.5. The SMILES string of the molecule is Cc1ccc2c(oc3nc(C(C)C)ccc32)c1-c1c(-c2ccc(C3CCCC3)cc2)ccc[n+]1C.Cc1cccc(-c2cc[n+](C)c(-c3c(C)ccc4c3oc3nc(C(C)C)ccc34)c2)c1.Cc1cccc(-c2ccc(-c3c(C)ccc4c3Cc3nc(C(C)C)ccc3-4)[n+](C)c2)c1.Cc1cccc(-c2ccc[n+](C)c2-c2c(C)ccc3c2oc2nc(C(C)C)ccc23)c1. The molecule has 8 aromatic carbocycles. The zero-order valence-corrected chi connectivity index (χ0v) is 77.6. The average Bonchev–Trinajstić information content (AvgIpc) is 1.65. The topological polar surface area (TPSA) is 106 Å². The third kappa shape index (κ3) is 16.4. The van der Waals surface area contributed by atoms with Gasteiger partial charge < -0.3 is 13.3 Å². The second-order valence-electron chi connectivity index (χ2n) is 37.1. The zero-order chi connectivity index (χ0) is 89.2. The van der Waals surface area contributed by atoms with E-state index in [-0.39, 0.29) is 0 Å². The second-order valence-corrected chi connectivity index (χ2v) is 37.1. The lowest BCUT2D eigenvalue weighted by Gasteiger charge is -2.13.